The van der Waals surface area contributed by atoms with Crippen molar-refractivity contribution in [2.45, 2.75) is 71.6 Å². The van der Waals surface area contributed by atoms with Crippen molar-refractivity contribution in [2.75, 3.05) is 6.61 Å². The van der Waals surface area contributed by atoms with Crippen molar-refractivity contribution in [2.24, 2.45) is 17.6 Å². The number of carbonyl (C=O) groups excluding carboxylic acids is 3. The van der Waals surface area contributed by atoms with Crippen molar-refractivity contribution < 1.29 is 29.4 Å². The van der Waals surface area contributed by atoms with Gasteiger partial charge in [-0.3, -0.25) is 14.4 Å². The van der Waals surface area contributed by atoms with Gasteiger partial charge in [0.15, 0.2) is 0 Å². The predicted octanol–water partition coefficient (Wildman–Crippen LogP) is -1.04. The summed E-state index contributed by atoms with van der Waals surface area (Å²) in [6, 6.07) is -4.16. The Labute approximate surface area is 165 Å². The number of aliphatic hydroxyl groups excluding tert-OH is 1. The maximum Gasteiger partial charge on any atom is 0.328 e. The van der Waals surface area contributed by atoms with E-state index in [0.29, 0.717) is 12.8 Å². The third-order valence-electron chi connectivity index (χ3n) is 4.45. The van der Waals surface area contributed by atoms with Crippen LogP contribution in [-0.4, -0.2) is 64.7 Å². The third kappa shape index (κ3) is 8.66. The van der Waals surface area contributed by atoms with Crippen molar-refractivity contribution >= 4 is 23.7 Å². The molecule has 0 saturated heterocycles. The van der Waals surface area contributed by atoms with Gasteiger partial charge in [0.1, 0.15) is 18.1 Å². The van der Waals surface area contributed by atoms with Crippen molar-refractivity contribution in [3.05, 3.63) is 0 Å². The number of nitrogens with one attached hydrogen (secondary N) is 3. The molecule has 28 heavy (non-hydrogen) atoms. The van der Waals surface area contributed by atoms with Gasteiger partial charge in [0.2, 0.25) is 17.7 Å². The number of rotatable bonds is 12. The molecule has 0 aromatic carbocycles. The number of carboxylic acid groups (broad SMARTS) is 1. The molecule has 0 spiro atoms. The Morgan fingerprint density at radius 1 is 0.893 bits per heavy atom. The van der Waals surface area contributed by atoms with E-state index in [2.05, 4.69) is 16.0 Å². The van der Waals surface area contributed by atoms with Crippen LogP contribution in [0.15, 0.2) is 0 Å². The molecule has 0 aliphatic rings. The van der Waals surface area contributed by atoms with E-state index in [4.69, 9.17) is 15.9 Å². The van der Waals surface area contributed by atoms with Crippen LogP contribution >= 0.6 is 0 Å². The van der Waals surface area contributed by atoms with Gasteiger partial charge >= 0.3 is 5.97 Å². The van der Waals surface area contributed by atoms with E-state index < -0.39 is 54.5 Å². The highest BCUT2D eigenvalue weighted by atomic mass is 16.4. The van der Waals surface area contributed by atoms with E-state index in [9.17, 15) is 19.2 Å². The van der Waals surface area contributed by atoms with E-state index in [-0.39, 0.29) is 11.8 Å². The van der Waals surface area contributed by atoms with Gasteiger partial charge in [0, 0.05) is 0 Å². The molecule has 0 heterocycles. The first kappa shape index (κ1) is 25.8. The summed E-state index contributed by atoms with van der Waals surface area (Å²) in [7, 11) is 0. The highest BCUT2D eigenvalue weighted by Crippen LogP contribution is 2.09. The van der Waals surface area contributed by atoms with Gasteiger partial charge in [0.05, 0.1) is 12.6 Å². The molecule has 0 bridgehead atoms. The molecule has 5 atom stereocenters. The molecular formula is C18H34N4O6. The van der Waals surface area contributed by atoms with E-state index >= 15 is 0 Å². The predicted molar refractivity (Wildman–Crippen MR) is 103 cm³/mol. The summed E-state index contributed by atoms with van der Waals surface area (Å²) in [5.74, 6) is -3.14. The van der Waals surface area contributed by atoms with Crippen molar-refractivity contribution in [3.63, 3.8) is 0 Å². The monoisotopic (exact) mass is 402 g/mol. The summed E-state index contributed by atoms with van der Waals surface area (Å²) in [5.41, 5.74) is 5.91. The largest absolute Gasteiger partial charge is 0.480 e. The number of hydrogen-bond acceptors (Lipinski definition) is 6. The molecule has 0 radical (unpaired) electrons. The molecule has 0 aliphatic carbocycles. The number of carbonyl (C=O) groups is 4. The van der Waals surface area contributed by atoms with Gasteiger partial charge in [-0.25, -0.2) is 4.79 Å². The zero-order valence-electron chi connectivity index (χ0n) is 17.2. The zero-order chi connectivity index (χ0) is 22.0. The van der Waals surface area contributed by atoms with E-state index in [1.807, 2.05) is 27.7 Å². The van der Waals surface area contributed by atoms with Crippen LogP contribution in [0.3, 0.4) is 0 Å². The smallest absolute Gasteiger partial charge is 0.328 e. The summed E-state index contributed by atoms with van der Waals surface area (Å²) < 4.78 is 0. The fourth-order valence-corrected chi connectivity index (χ4v) is 2.34. The minimum atomic E-state index is -1.47. The van der Waals surface area contributed by atoms with Crippen LogP contribution in [0.5, 0.6) is 0 Å². The maximum absolute atomic E-state index is 12.6. The maximum atomic E-state index is 12.6. The van der Waals surface area contributed by atoms with Gasteiger partial charge in [-0.1, -0.05) is 34.1 Å². The number of aliphatic hydroxyl groups is 1. The van der Waals surface area contributed by atoms with Crippen molar-refractivity contribution in [1.29, 1.82) is 0 Å². The molecular weight excluding hydrogens is 368 g/mol. The number of hydrogen-bond donors (Lipinski definition) is 6. The molecule has 10 nitrogen and oxygen atoms in total. The van der Waals surface area contributed by atoms with Gasteiger partial charge < -0.3 is 31.9 Å². The summed E-state index contributed by atoms with van der Waals surface area (Å²) in [6.07, 6.45) is 1.05. The van der Waals surface area contributed by atoms with Crippen molar-refractivity contribution in [1.82, 2.24) is 16.0 Å². The topological polar surface area (TPSA) is 171 Å². The van der Waals surface area contributed by atoms with Gasteiger partial charge in [-0.05, 0) is 25.2 Å². The molecule has 5 unspecified atom stereocenters. The Hall–Kier alpha value is -2.20. The lowest BCUT2D eigenvalue weighted by Crippen LogP contribution is -2.57. The van der Waals surface area contributed by atoms with Crippen LogP contribution < -0.4 is 21.7 Å². The van der Waals surface area contributed by atoms with Crippen LogP contribution in [0.2, 0.25) is 0 Å². The second-order valence-corrected chi connectivity index (χ2v) is 7.41. The van der Waals surface area contributed by atoms with Crippen LogP contribution in [0.4, 0.5) is 0 Å². The lowest BCUT2D eigenvalue weighted by molar-refractivity contribution is -0.143. The Balaban J connectivity index is 5.03. The summed E-state index contributed by atoms with van der Waals surface area (Å²) in [5, 5.41) is 25.1. The molecule has 0 saturated carbocycles. The highest BCUT2D eigenvalue weighted by Gasteiger charge is 2.29. The molecule has 10 heteroatoms. The second kappa shape index (κ2) is 12.3. The lowest BCUT2D eigenvalue weighted by atomic mass is 9.97. The normalized spacial score (nSPS) is 16.4. The van der Waals surface area contributed by atoms with Gasteiger partial charge in [-0.15, -0.1) is 0 Å². The Bertz CT molecular complexity index is 554. The Kier molecular flexibility index (Phi) is 11.3. The molecule has 0 aromatic rings. The standard InChI is InChI=1S/C18H34N4O6/c1-6-10(4)14(19)17(26)21-12(7-9(2)3)16(25)20-11(5)15(24)22-13(8-23)18(27)28/h9-14,23H,6-8,19H2,1-5H3,(H,20,25)(H,21,26)(H,22,24)(H,27,28). The molecule has 3 amide bonds. The minimum Gasteiger partial charge on any atom is -0.480 e. The first-order valence-corrected chi connectivity index (χ1v) is 9.44. The van der Waals surface area contributed by atoms with E-state index in [0.717, 1.165) is 0 Å². The number of carboxylic acids is 1. The number of amides is 3. The van der Waals surface area contributed by atoms with Gasteiger partial charge in [0.25, 0.3) is 0 Å². The summed E-state index contributed by atoms with van der Waals surface area (Å²) in [4.78, 5) is 47.8. The fraction of sp³-hybridized carbons (Fsp3) is 0.778. The summed E-state index contributed by atoms with van der Waals surface area (Å²) in [6.45, 7) is 8.12. The van der Waals surface area contributed by atoms with Crippen molar-refractivity contribution in [3.8, 4) is 0 Å². The minimum absolute atomic E-state index is 0.0566. The average molecular weight is 402 g/mol. The first-order valence-electron chi connectivity index (χ1n) is 9.44. The van der Waals surface area contributed by atoms with Crippen LogP contribution in [0, 0.1) is 11.8 Å². The third-order valence-corrected chi connectivity index (χ3v) is 4.45. The molecule has 7 N–H and O–H groups in total. The second-order valence-electron chi connectivity index (χ2n) is 7.41. The van der Waals surface area contributed by atoms with E-state index in [1.165, 1.54) is 6.92 Å². The highest BCUT2D eigenvalue weighted by molar-refractivity contribution is 5.93. The SMILES string of the molecule is CCC(C)C(N)C(=O)NC(CC(C)C)C(=O)NC(C)C(=O)NC(CO)C(=O)O. The summed E-state index contributed by atoms with van der Waals surface area (Å²) >= 11 is 0. The quantitative estimate of drug-likeness (QED) is 0.242. The van der Waals surface area contributed by atoms with Crippen LogP contribution in [0.1, 0.15) is 47.5 Å². The number of aliphatic carboxylic acids is 1. The lowest BCUT2D eigenvalue weighted by Gasteiger charge is -2.25. The van der Waals surface area contributed by atoms with Gasteiger partial charge in [-0.2, -0.15) is 0 Å². The average Bonchev–Trinajstić information content (AvgIpc) is 2.62. The molecule has 0 aromatic heterocycles. The fourth-order valence-electron chi connectivity index (χ4n) is 2.34. The Morgan fingerprint density at radius 2 is 1.43 bits per heavy atom. The first-order chi connectivity index (χ1) is 12.9. The molecule has 0 fully saturated rings. The zero-order valence-corrected chi connectivity index (χ0v) is 17.2. The van der Waals surface area contributed by atoms with E-state index in [1.54, 1.807) is 0 Å². The molecule has 162 valence electrons. The molecule has 0 rings (SSSR count). The van der Waals surface area contributed by atoms with Crippen LogP contribution in [-0.2, 0) is 19.2 Å². The molecule has 0 aliphatic heterocycles. The Morgan fingerprint density at radius 3 is 1.86 bits per heavy atom. The van der Waals surface area contributed by atoms with Crippen LogP contribution in [0.25, 0.3) is 0 Å². The number of nitrogens with two attached hydrogens (primary N) is 1.